The largest absolute Gasteiger partial charge is 0.474 e. The second-order valence-corrected chi connectivity index (χ2v) is 8.68. The molecule has 0 N–H and O–H groups in total. The SMILES string of the molecule is CC(=O)c1cn(-c2cnccn2)c2cc(N3CCC[C@@H]3COc3ncccc3Cl)c(F)cc2c1=O. The summed E-state index contributed by atoms with van der Waals surface area (Å²) in [5.41, 5.74) is 0.193. The summed E-state index contributed by atoms with van der Waals surface area (Å²) in [6.45, 7) is 2.19. The molecule has 0 bridgehead atoms. The summed E-state index contributed by atoms with van der Waals surface area (Å²) >= 11 is 6.15. The van der Waals surface area contributed by atoms with E-state index in [2.05, 4.69) is 15.0 Å². The Hall–Kier alpha value is -3.85. The molecule has 1 fully saturated rings. The van der Waals surface area contributed by atoms with Gasteiger partial charge in [0.1, 0.15) is 17.4 Å². The van der Waals surface area contributed by atoms with Crippen molar-refractivity contribution in [3.05, 3.63) is 81.9 Å². The van der Waals surface area contributed by atoms with Crippen LogP contribution in [-0.2, 0) is 0 Å². The molecule has 1 aliphatic rings. The van der Waals surface area contributed by atoms with Gasteiger partial charge in [0, 0.05) is 36.7 Å². The average Bonchev–Trinajstić information content (AvgIpc) is 3.32. The normalized spacial score (nSPS) is 15.5. The second-order valence-electron chi connectivity index (χ2n) is 8.27. The maximum Gasteiger partial charge on any atom is 0.232 e. The number of aromatic nitrogens is 4. The molecule has 178 valence electrons. The number of pyridine rings is 2. The van der Waals surface area contributed by atoms with Gasteiger partial charge in [-0.25, -0.2) is 14.4 Å². The lowest BCUT2D eigenvalue weighted by atomic mass is 10.1. The van der Waals surface area contributed by atoms with Crippen molar-refractivity contribution in [3.8, 4) is 11.7 Å². The van der Waals surface area contributed by atoms with E-state index in [1.807, 2.05) is 4.90 Å². The maximum absolute atomic E-state index is 15.4. The van der Waals surface area contributed by atoms with Gasteiger partial charge in [-0.2, -0.15) is 0 Å². The Labute approximate surface area is 205 Å². The van der Waals surface area contributed by atoms with Crippen molar-refractivity contribution in [2.75, 3.05) is 18.1 Å². The van der Waals surface area contributed by atoms with E-state index in [9.17, 15) is 9.59 Å². The van der Waals surface area contributed by atoms with Gasteiger partial charge in [-0.3, -0.25) is 19.1 Å². The van der Waals surface area contributed by atoms with Crippen molar-refractivity contribution in [1.29, 1.82) is 0 Å². The zero-order valence-electron chi connectivity index (χ0n) is 18.8. The van der Waals surface area contributed by atoms with E-state index in [0.29, 0.717) is 34.5 Å². The molecule has 0 aliphatic carbocycles. The van der Waals surface area contributed by atoms with Crippen LogP contribution in [0.25, 0.3) is 16.7 Å². The van der Waals surface area contributed by atoms with Gasteiger partial charge in [0.25, 0.3) is 0 Å². The van der Waals surface area contributed by atoms with Crippen molar-refractivity contribution >= 4 is 34.0 Å². The second kappa shape index (κ2) is 9.42. The number of carbonyl (C=O) groups is 1. The van der Waals surface area contributed by atoms with E-state index in [1.54, 1.807) is 29.0 Å². The van der Waals surface area contributed by atoms with Crippen LogP contribution in [-0.4, -0.2) is 44.5 Å². The maximum atomic E-state index is 15.4. The van der Waals surface area contributed by atoms with E-state index in [-0.39, 0.29) is 23.6 Å². The molecule has 0 saturated carbocycles. The van der Waals surface area contributed by atoms with E-state index < -0.39 is 17.0 Å². The van der Waals surface area contributed by atoms with Gasteiger partial charge >= 0.3 is 0 Å². The minimum absolute atomic E-state index is 0.0463. The Morgan fingerprint density at radius 1 is 1.26 bits per heavy atom. The molecule has 1 atom stereocenters. The first-order valence-corrected chi connectivity index (χ1v) is 11.5. The molecule has 4 heterocycles. The molecule has 3 aromatic heterocycles. The third kappa shape index (κ3) is 4.35. The number of nitrogens with zero attached hydrogens (tertiary/aromatic N) is 5. The third-order valence-electron chi connectivity index (χ3n) is 6.07. The van der Waals surface area contributed by atoms with E-state index in [4.69, 9.17) is 16.3 Å². The summed E-state index contributed by atoms with van der Waals surface area (Å²) in [4.78, 5) is 39.6. The Morgan fingerprint density at radius 2 is 2.11 bits per heavy atom. The van der Waals surface area contributed by atoms with Crippen molar-refractivity contribution in [1.82, 2.24) is 19.5 Å². The molecule has 8 nitrogen and oxygen atoms in total. The molecule has 10 heteroatoms. The van der Waals surface area contributed by atoms with Gasteiger partial charge in [-0.15, -0.1) is 0 Å². The average molecular weight is 494 g/mol. The predicted octanol–water partition coefficient (Wildman–Crippen LogP) is 4.22. The molecule has 1 aliphatic heterocycles. The number of ether oxygens (including phenoxy) is 1. The van der Waals surface area contributed by atoms with Gasteiger partial charge in [0.15, 0.2) is 17.0 Å². The molecule has 5 rings (SSSR count). The van der Waals surface area contributed by atoms with Gasteiger partial charge in [0.2, 0.25) is 5.88 Å². The highest BCUT2D eigenvalue weighted by Crippen LogP contribution is 2.32. The van der Waals surface area contributed by atoms with Crippen molar-refractivity contribution in [3.63, 3.8) is 0 Å². The van der Waals surface area contributed by atoms with Crippen LogP contribution in [0.15, 0.2) is 60.0 Å². The van der Waals surface area contributed by atoms with Gasteiger partial charge in [0.05, 0.1) is 29.0 Å². The number of carbonyl (C=O) groups excluding carboxylic acids is 1. The molecule has 0 amide bonds. The van der Waals surface area contributed by atoms with E-state index >= 15 is 4.39 Å². The summed E-state index contributed by atoms with van der Waals surface area (Å²) < 4.78 is 22.9. The highest BCUT2D eigenvalue weighted by atomic mass is 35.5. The van der Waals surface area contributed by atoms with Crippen LogP contribution in [0.1, 0.15) is 30.1 Å². The lowest BCUT2D eigenvalue weighted by Gasteiger charge is -2.27. The zero-order chi connectivity index (χ0) is 24.5. The Kier molecular flexibility index (Phi) is 6.17. The molecular formula is C25H21ClFN5O3. The van der Waals surface area contributed by atoms with Crippen molar-refractivity contribution in [2.24, 2.45) is 0 Å². The molecule has 0 unspecified atom stereocenters. The molecule has 1 saturated heterocycles. The first kappa shape index (κ1) is 22.9. The van der Waals surface area contributed by atoms with E-state index in [1.165, 1.54) is 37.8 Å². The topological polar surface area (TPSA) is 90.2 Å². The standard InChI is InChI=1S/C25H21ClFN5O3/c1-15(33)18-13-32(23-12-28-7-8-29-23)21-11-22(20(27)10-17(21)24(18)34)31-9-3-4-16(31)14-35-25-19(26)5-2-6-30-25/h2,5-8,10-13,16H,3-4,9,14H2,1H3/t16-/m1/s1. The highest BCUT2D eigenvalue weighted by Gasteiger charge is 2.29. The Bertz CT molecular complexity index is 1480. The summed E-state index contributed by atoms with van der Waals surface area (Å²) in [5, 5.41) is 0.500. The smallest absolute Gasteiger partial charge is 0.232 e. The third-order valence-corrected chi connectivity index (χ3v) is 6.36. The quantitative estimate of drug-likeness (QED) is 0.371. The summed E-state index contributed by atoms with van der Waals surface area (Å²) in [7, 11) is 0. The van der Waals surface area contributed by atoms with Crippen molar-refractivity contribution in [2.45, 2.75) is 25.8 Å². The Morgan fingerprint density at radius 3 is 2.86 bits per heavy atom. The Balaban J connectivity index is 1.58. The summed E-state index contributed by atoms with van der Waals surface area (Å²) in [6, 6.07) is 6.11. The molecule has 35 heavy (non-hydrogen) atoms. The molecule has 0 spiro atoms. The molecule has 0 radical (unpaired) electrons. The van der Waals surface area contributed by atoms with Gasteiger partial charge in [-0.1, -0.05) is 11.6 Å². The summed E-state index contributed by atoms with van der Waals surface area (Å²) in [6.07, 6.45) is 9.22. The lowest BCUT2D eigenvalue weighted by Crippen LogP contribution is -2.35. The number of Topliss-reactive ketones (excluding diaryl/α,β-unsaturated/α-hetero) is 1. The number of ketones is 1. The van der Waals surface area contributed by atoms with Crippen LogP contribution in [0, 0.1) is 5.82 Å². The first-order valence-electron chi connectivity index (χ1n) is 11.1. The summed E-state index contributed by atoms with van der Waals surface area (Å²) in [5.74, 6) is -0.232. The lowest BCUT2D eigenvalue weighted by molar-refractivity contribution is 0.101. The fraction of sp³-hybridized carbons (Fsp3) is 0.240. The highest BCUT2D eigenvalue weighted by molar-refractivity contribution is 6.31. The fourth-order valence-corrected chi connectivity index (χ4v) is 4.57. The number of halogens is 2. The monoisotopic (exact) mass is 493 g/mol. The number of fused-ring (bicyclic) bond motifs is 1. The zero-order valence-corrected chi connectivity index (χ0v) is 19.6. The minimum atomic E-state index is -0.552. The first-order chi connectivity index (χ1) is 16.9. The number of anilines is 1. The number of rotatable bonds is 6. The van der Waals surface area contributed by atoms with Gasteiger partial charge in [-0.05, 0) is 44.0 Å². The molecule has 4 aromatic rings. The number of hydrogen-bond donors (Lipinski definition) is 0. The van der Waals surface area contributed by atoms with Crippen LogP contribution in [0.5, 0.6) is 5.88 Å². The van der Waals surface area contributed by atoms with Crippen LogP contribution in [0.3, 0.4) is 0 Å². The van der Waals surface area contributed by atoms with Crippen LogP contribution in [0.4, 0.5) is 10.1 Å². The van der Waals surface area contributed by atoms with Crippen LogP contribution in [0.2, 0.25) is 5.02 Å². The predicted molar refractivity (Wildman–Crippen MR) is 130 cm³/mol. The number of hydrogen-bond acceptors (Lipinski definition) is 7. The molecular weight excluding hydrogens is 473 g/mol. The van der Waals surface area contributed by atoms with Crippen molar-refractivity contribution < 1.29 is 13.9 Å². The molecule has 1 aromatic carbocycles. The van der Waals surface area contributed by atoms with Crippen LogP contribution < -0.4 is 15.1 Å². The fourth-order valence-electron chi connectivity index (χ4n) is 4.39. The minimum Gasteiger partial charge on any atom is -0.474 e. The van der Waals surface area contributed by atoms with Gasteiger partial charge < -0.3 is 9.64 Å². The van der Waals surface area contributed by atoms with E-state index in [0.717, 1.165) is 12.8 Å². The van der Waals surface area contributed by atoms with Crippen LogP contribution >= 0.6 is 11.6 Å². The number of benzene rings is 1.